The Hall–Kier alpha value is -0.380. The molecule has 0 aromatic heterocycles. The zero-order valence-corrected chi connectivity index (χ0v) is 15.2. The van der Waals surface area contributed by atoms with Crippen molar-refractivity contribution in [2.24, 2.45) is 17.8 Å². The molecule has 2 nitrogen and oxygen atoms in total. The topological polar surface area (TPSA) is 29.1 Å². The standard InChI is InChI=1S/C18H22ClNO.BrH/c19-16-3-1-15(2-4-16)17(21)11-20-18-8-12-5-13(9-18)7-14(6-12)10-18;/h1-4,12-14,20H,5-11H2;1H. The summed E-state index contributed by atoms with van der Waals surface area (Å²) in [5.41, 5.74) is 1.02. The third-order valence-corrected chi connectivity index (χ3v) is 6.08. The van der Waals surface area contributed by atoms with E-state index < -0.39 is 0 Å². The number of halogens is 2. The molecular formula is C18H23BrClNO. The molecule has 1 aromatic carbocycles. The van der Waals surface area contributed by atoms with Crippen molar-refractivity contribution < 1.29 is 4.79 Å². The highest BCUT2D eigenvalue weighted by Gasteiger charge is 2.50. The number of hydrogen-bond acceptors (Lipinski definition) is 2. The largest absolute Gasteiger partial charge is 0.304 e. The maximum Gasteiger partial charge on any atom is 0.176 e. The Morgan fingerprint density at radius 3 is 2.05 bits per heavy atom. The molecule has 0 radical (unpaired) electrons. The van der Waals surface area contributed by atoms with E-state index in [9.17, 15) is 4.79 Å². The lowest BCUT2D eigenvalue weighted by Gasteiger charge is -2.57. The fourth-order valence-electron chi connectivity index (χ4n) is 5.33. The zero-order valence-electron chi connectivity index (χ0n) is 12.7. The smallest absolute Gasteiger partial charge is 0.176 e. The molecule has 120 valence electrons. The summed E-state index contributed by atoms with van der Waals surface area (Å²) < 4.78 is 0. The molecule has 5 rings (SSSR count). The second-order valence-electron chi connectivity index (χ2n) is 7.48. The lowest BCUT2D eigenvalue weighted by Crippen LogP contribution is -2.59. The molecule has 4 heteroatoms. The van der Waals surface area contributed by atoms with E-state index >= 15 is 0 Å². The molecule has 1 aromatic rings. The molecule has 0 amide bonds. The highest BCUT2D eigenvalue weighted by molar-refractivity contribution is 8.93. The van der Waals surface area contributed by atoms with Gasteiger partial charge in [0.2, 0.25) is 0 Å². The molecule has 4 bridgehead atoms. The van der Waals surface area contributed by atoms with Crippen molar-refractivity contribution in [3.63, 3.8) is 0 Å². The van der Waals surface area contributed by atoms with Gasteiger partial charge in [0.1, 0.15) is 0 Å². The van der Waals surface area contributed by atoms with Crippen molar-refractivity contribution in [2.75, 3.05) is 6.54 Å². The average molecular weight is 385 g/mol. The lowest BCUT2D eigenvalue weighted by atomic mass is 9.53. The van der Waals surface area contributed by atoms with E-state index in [4.69, 9.17) is 11.6 Å². The number of Topliss-reactive ketones (excluding diaryl/α,β-unsaturated/α-hetero) is 1. The highest BCUT2D eigenvalue weighted by atomic mass is 79.9. The van der Waals surface area contributed by atoms with Gasteiger partial charge in [0, 0.05) is 16.1 Å². The molecule has 0 saturated heterocycles. The van der Waals surface area contributed by atoms with Gasteiger partial charge in [0.15, 0.2) is 5.78 Å². The fourth-order valence-corrected chi connectivity index (χ4v) is 5.46. The second kappa shape index (κ2) is 6.26. The Morgan fingerprint density at radius 1 is 1.05 bits per heavy atom. The molecule has 1 N–H and O–H groups in total. The van der Waals surface area contributed by atoms with Crippen LogP contribution in [0.4, 0.5) is 0 Å². The second-order valence-corrected chi connectivity index (χ2v) is 7.92. The maximum atomic E-state index is 12.3. The summed E-state index contributed by atoms with van der Waals surface area (Å²) in [4.78, 5) is 12.3. The number of hydrogen-bond donors (Lipinski definition) is 1. The average Bonchev–Trinajstić information content (AvgIpc) is 2.44. The van der Waals surface area contributed by atoms with Crippen LogP contribution in [0.1, 0.15) is 48.9 Å². The summed E-state index contributed by atoms with van der Waals surface area (Å²) in [6, 6.07) is 7.23. The van der Waals surface area contributed by atoms with Gasteiger partial charge in [-0.1, -0.05) is 11.6 Å². The third-order valence-electron chi connectivity index (χ3n) is 5.83. The molecule has 4 fully saturated rings. The first-order valence-electron chi connectivity index (χ1n) is 8.16. The van der Waals surface area contributed by atoms with Gasteiger partial charge in [-0.25, -0.2) is 0 Å². The third kappa shape index (κ3) is 3.13. The molecule has 0 spiro atoms. The molecule has 4 saturated carbocycles. The van der Waals surface area contributed by atoms with Crippen molar-refractivity contribution in [1.82, 2.24) is 5.32 Å². The number of rotatable bonds is 4. The monoisotopic (exact) mass is 383 g/mol. The first-order chi connectivity index (χ1) is 10.1. The van der Waals surface area contributed by atoms with E-state index in [0.717, 1.165) is 23.3 Å². The van der Waals surface area contributed by atoms with Crippen molar-refractivity contribution in [2.45, 2.75) is 44.1 Å². The molecule has 4 aliphatic carbocycles. The van der Waals surface area contributed by atoms with Gasteiger partial charge in [-0.15, -0.1) is 17.0 Å². The van der Waals surface area contributed by atoms with Gasteiger partial charge in [0.05, 0.1) is 6.54 Å². The number of benzene rings is 1. The molecule has 4 aliphatic rings. The van der Waals surface area contributed by atoms with Crippen LogP contribution in [0, 0.1) is 17.8 Å². The summed E-state index contributed by atoms with van der Waals surface area (Å²) in [6.07, 6.45) is 8.16. The highest BCUT2D eigenvalue weighted by Crippen LogP contribution is 2.55. The lowest BCUT2D eigenvalue weighted by molar-refractivity contribution is -0.0186. The minimum Gasteiger partial charge on any atom is -0.304 e. The van der Waals surface area contributed by atoms with Crippen molar-refractivity contribution in [1.29, 1.82) is 0 Å². The van der Waals surface area contributed by atoms with E-state index in [0.29, 0.717) is 11.6 Å². The SMILES string of the molecule is Br.O=C(CNC12CC3CC(CC(C3)C1)C2)c1ccc(Cl)cc1. The number of carbonyl (C=O) groups excluding carboxylic acids is 1. The number of ketones is 1. The minimum absolute atomic E-state index is 0. The molecule has 0 heterocycles. The summed E-state index contributed by atoms with van der Waals surface area (Å²) >= 11 is 5.88. The van der Waals surface area contributed by atoms with Gasteiger partial charge in [-0.3, -0.25) is 4.79 Å². The maximum absolute atomic E-state index is 12.3. The van der Waals surface area contributed by atoms with Gasteiger partial charge in [0.25, 0.3) is 0 Å². The van der Waals surface area contributed by atoms with Crippen LogP contribution in [0.15, 0.2) is 24.3 Å². The van der Waals surface area contributed by atoms with Gasteiger partial charge >= 0.3 is 0 Å². The summed E-state index contributed by atoms with van der Waals surface area (Å²) in [7, 11) is 0. The summed E-state index contributed by atoms with van der Waals surface area (Å²) in [6.45, 7) is 0.466. The van der Waals surface area contributed by atoms with Gasteiger partial charge in [-0.05, 0) is 80.5 Å². The van der Waals surface area contributed by atoms with Gasteiger partial charge in [-0.2, -0.15) is 0 Å². The molecule has 0 unspecified atom stereocenters. The Kier molecular flexibility index (Phi) is 4.69. The normalized spacial score (nSPS) is 35.2. The Morgan fingerprint density at radius 2 is 1.55 bits per heavy atom. The summed E-state index contributed by atoms with van der Waals surface area (Å²) in [5.74, 6) is 2.92. The van der Waals surface area contributed by atoms with Gasteiger partial charge < -0.3 is 5.32 Å². The number of carbonyl (C=O) groups is 1. The zero-order chi connectivity index (χ0) is 14.4. The van der Waals surface area contributed by atoms with E-state index in [-0.39, 0.29) is 28.3 Å². The number of nitrogens with one attached hydrogen (secondary N) is 1. The van der Waals surface area contributed by atoms with Crippen molar-refractivity contribution >= 4 is 34.4 Å². The van der Waals surface area contributed by atoms with Crippen molar-refractivity contribution in [3.05, 3.63) is 34.9 Å². The molecule has 0 atom stereocenters. The Balaban J connectivity index is 0.00000144. The molecule has 22 heavy (non-hydrogen) atoms. The van der Waals surface area contributed by atoms with Crippen molar-refractivity contribution in [3.8, 4) is 0 Å². The summed E-state index contributed by atoms with van der Waals surface area (Å²) in [5, 5.41) is 4.34. The van der Waals surface area contributed by atoms with E-state index in [1.54, 1.807) is 12.1 Å². The van der Waals surface area contributed by atoms with E-state index in [1.165, 1.54) is 38.5 Å². The van der Waals surface area contributed by atoms with Crippen LogP contribution >= 0.6 is 28.6 Å². The minimum atomic E-state index is 0. The molecular weight excluding hydrogens is 362 g/mol. The first-order valence-corrected chi connectivity index (χ1v) is 8.53. The van der Waals surface area contributed by atoms with E-state index in [1.807, 2.05) is 12.1 Å². The predicted octanol–water partition coefficient (Wildman–Crippen LogP) is 4.66. The van der Waals surface area contributed by atoms with Crippen LogP contribution < -0.4 is 5.32 Å². The van der Waals surface area contributed by atoms with Crippen LogP contribution in [0.25, 0.3) is 0 Å². The Labute approximate surface area is 147 Å². The van der Waals surface area contributed by atoms with Crippen LogP contribution in [-0.2, 0) is 0 Å². The Bertz CT molecular complexity index is 521. The molecule has 0 aliphatic heterocycles. The van der Waals surface area contributed by atoms with Crippen LogP contribution in [-0.4, -0.2) is 17.9 Å². The quantitative estimate of drug-likeness (QED) is 0.765. The fraction of sp³-hybridized carbons (Fsp3) is 0.611. The predicted molar refractivity (Wildman–Crippen MR) is 95.0 cm³/mol. The van der Waals surface area contributed by atoms with E-state index in [2.05, 4.69) is 5.32 Å². The van der Waals surface area contributed by atoms with Crippen LogP contribution in [0.2, 0.25) is 5.02 Å². The first kappa shape index (κ1) is 16.5. The van der Waals surface area contributed by atoms with Crippen LogP contribution in [0.3, 0.4) is 0 Å². The van der Waals surface area contributed by atoms with Crippen LogP contribution in [0.5, 0.6) is 0 Å².